The number of ketones is 1. The summed E-state index contributed by atoms with van der Waals surface area (Å²) in [5, 5.41) is 0. The van der Waals surface area contributed by atoms with Gasteiger partial charge in [-0.1, -0.05) is 91.0 Å². The van der Waals surface area contributed by atoms with Crippen LogP contribution < -0.4 is 4.90 Å². The van der Waals surface area contributed by atoms with Gasteiger partial charge in [0.05, 0.1) is 0 Å². The van der Waals surface area contributed by atoms with E-state index in [4.69, 9.17) is 0 Å². The molecule has 146 valence electrons. The van der Waals surface area contributed by atoms with Crippen molar-refractivity contribution in [3.05, 3.63) is 126 Å². The Morgan fingerprint density at radius 3 is 1.80 bits per heavy atom. The summed E-state index contributed by atoms with van der Waals surface area (Å²) in [5.74, 6) is 0.0000850. The third-order valence-corrected chi connectivity index (χ3v) is 5.13. The topological polar surface area (TPSA) is 20.3 Å². The first-order chi connectivity index (χ1) is 14.7. The Morgan fingerprint density at radius 2 is 1.17 bits per heavy atom. The summed E-state index contributed by atoms with van der Waals surface area (Å²) in [6.45, 7) is 0. The van der Waals surface area contributed by atoms with Crippen LogP contribution >= 0.6 is 0 Å². The van der Waals surface area contributed by atoms with E-state index in [0.717, 1.165) is 28.1 Å². The van der Waals surface area contributed by atoms with Crippen molar-refractivity contribution >= 4 is 23.2 Å². The van der Waals surface area contributed by atoms with Crippen LogP contribution in [0.25, 0.3) is 17.2 Å². The van der Waals surface area contributed by atoms with Crippen LogP contribution in [0.15, 0.2) is 115 Å². The number of para-hydroxylation sites is 1. The van der Waals surface area contributed by atoms with Crippen molar-refractivity contribution in [3.63, 3.8) is 0 Å². The Hall–Kier alpha value is -3.91. The largest absolute Gasteiger partial charge is 0.345 e. The van der Waals surface area contributed by atoms with Crippen molar-refractivity contribution in [2.24, 2.45) is 0 Å². The Balaban J connectivity index is 1.43. The van der Waals surface area contributed by atoms with Gasteiger partial charge in [-0.05, 0) is 47.0 Å². The third kappa shape index (κ3) is 4.56. The smallest absolute Gasteiger partial charge is 0.185 e. The van der Waals surface area contributed by atoms with Gasteiger partial charge in [0, 0.05) is 24.0 Å². The van der Waals surface area contributed by atoms with Gasteiger partial charge < -0.3 is 4.90 Å². The molecule has 0 spiro atoms. The Bertz CT molecular complexity index is 1130. The van der Waals surface area contributed by atoms with E-state index < -0.39 is 0 Å². The van der Waals surface area contributed by atoms with Gasteiger partial charge in [-0.3, -0.25) is 4.79 Å². The molecule has 0 saturated heterocycles. The van der Waals surface area contributed by atoms with Gasteiger partial charge in [-0.25, -0.2) is 0 Å². The van der Waals surface area contributed by atoms with Gasteiger partial charge in [0.2, 0.25) is 0 Å². The maximum absolute atomic E-state index is 12.5. The summed E-state index contributed by atoms with van der Waals surface area (Å²) in [7, 11) is 2.04. The van der Waals surface area contributed by atoms with Crippen molar-refractivity contribution in [2.75, 3.05) is 11.9 Å². The lowest BCUT2D eigenvalue weighted by atomic mass is 10.0. The van der Waals surface area contributed by atoms with Crippen LogP contribution in [0.1, 0.15) is 15.9 Å². The van der Waals surface area contributed by atoms with Crippen LogP contribution in [0.3, 0.4) is 0 Å². The highest BCUT2D eigenvalue weighted by atomic mass is 16.1. The summed E-state index contributed by atoms with van der Waals surface area (Å²) < 4.78 is 0. The van der Waals surface area contributed by atoms with E-state index in [1.165, 1.54) is 0 Å². The maximum Gasteiger partial charge on any atom is 0.185 e. The minimum atomic E-state index is 0.0000850. The number of allylic oxidation sites excluding steroid dienone is 1. The molecule has 0 amide bonds. The Labute approximate surface area is 177 Å². The highest BCUT2D eigenvalue weighted by molar-refractivity contribution is 6.07. The summed E-state index contributed by atoms with van der Waals surface area (Å²) in [6.07, 6.45) is 3.49. The van der Waals surface area contributed by atoms with E-state index in [1.807, 2.05) is 85.9 Å². The number of carbonyl (C=O) groups excluding carboxylic acids is 1. The molecule has 0 heterocycles. The van der Waals surface area contributed by atoms with Gasteiger partial charge >= 0.3 is 0 Å². The molecule has 0 N–H and O–H groups in total. The van der Waals surface area contributed by atoms with Gasteiger partial charge in [-0.2, -0.15) is 0 Å². The molecule has 0 aromatic heterocycles. The highest BCUT2D eigenvalue weighted by Crippen LogP contribution is 2.24. The zero-order valence-corrected chi connectivity index (χ0v) is 16.9. The van der Waals surface area contributed by atoms with E-state index in [2.05, 4.69) is 41.3 Å². The Morgan fingerprint density at radius 1 is 0.633 bits per heavy atom. The third-order valence-electron chi connectivity index (χ3n) is 5.13. The zero-order valence-electron chi connectivity index (χ0n) is 16.9. The molecule has 4 aromatic rings. The molecule has 0 aliphatic carbocycles. The van der Waals surface area contributed by atoms with E-state index in [9.17, 15) is 4.79 Å². The number of hydrogen-bond acceptors (Lipinski definition) is 2. The SMILES string of the molecule is CN(c1ccccc1)c1ccc(/C=C/C(=O)c2ccc(-c3ccccc3)cc2)cc1. The first kappa shape index (κ1) is 19.4. The molecule has 0 fully saturated rings. The number of carbonyl (C=O) groups is 1. The molecular weight excluding hydrogens is 366 g/mol. The summed E-state index contributed by atoms with van der Waals surface area (Å²) in [6, 6.07) is 36.3. The van der Waals surface area contributed by atoms with Crippen LogP contribution in [0.2, 0.25) is 0 Å². The maximum atomic E-state index is 12.5. The van der Waals surface area contributed by atoms with E-state index in [1.54, 1.807) is 6.08 Å². The fourth-order valence-electron chi connectivity index (χ4n) is 3.34. The zero-order chi connectivity index (χ0) is 20.8. The second-order valence-corrected chi connectivity index (χ2v) is 7.13. The molecule has 0 saturated carbocycles. The molecule has 0 unspecified atom stereocenters. The monoisotopic (exact) mass is 389 g/mol. The average Bonchev–Trinajstić information content (AvgIpc) is 2.83. The number of hydrogen-bond donors (Lipinski definition) is 0. The first-order valence-corrected chi connectivity index (χ1v) is 9.97. The molecular formula is C28H23NO. The van der Waals surface area contributed by atoms with E-state index in [0.29, 0.717) is 5.56 Å². The normalized spacial score (nSPS) is 10.8. The molecule has 0 atom stereocenters. The fourth-order valence-corrected chi connectivity index (χ4v) is 3.34. The molecule has 0 aliphatic rings. The lowest BCUT2D eigenvalue weighted by molar-refractivity contribution is 0.104. The van der Waals surface area contributed by atoms with Crippen molar-refractivity contribution in [2.45, 2.75) is 0 Å². The first-order valence-electron chi connectivity index (χ1n) is 9.97. The lowest BCUT2D eigenvalue weighted by Gasteiger charge is -2.19. The van der Waals surface area contributed by atoms with Gasteiger partial charge in [0.25, 0.3) is 0 Å². The minimum absolute atomic E-state index is 0.0000850. The highest BCUT2D eigenvalue weighted by Gasteiger charge is 2.04. The number of anilines is 2. The molecule has 0 radical (unpaired) electrons. The van der Waals surface area contributed by atoms with E-state index in [-0.39, 0.29) is 5.78 Å². The molecule has 0 bridgehead atoms. The second-order valence-electron chi connectivity index (χ2n) is 7.13. The predicted molar refractivity (Wildman–Crippen MR) is 126 cm³/mol. The summed E-state index contributed by atoms with van der Waals surface area (Å²) >= 11 is 0. The lowest BCUT2D eigenvalue weighted by Crippen LogP contribution is -2.08. The summed E-state index contributed by atoms with van der Waals surface area (Å²) in [5.41, 5.74) is 6.17. The van der Waals surface area contributed by atoms with Crippen molar-refractivity contribution < 1.29 is 4.79 Å². The van der Waals surface area contributed by atoms with Crippen LogP contribution in [-0.4, -0.2) is 12.8 Å². The Kier molecular flexibility index (Phi) is 5.86. The fraction of sp³-hybridized carbons (Fsp3) is 0.0357. The number of benzene rings is 4. The number of nitrogens with zero attached hydrogens (tertiary/aromatic N) is 1. The van der Waals surface area contributed by atoms with Crippen molar-refractivity contribution in [1.82, 2.24) is 0 Å². The van der Waals surface area contributed by atoms with Gasteiger partial charge in [0.15, 0.2) is 5.78 Å². The molecule has 2 nitrogen and oxygen atoms in total. The van der Waals surface area contributed by atoms with Gasteiger partial charge in [0.1, 0.15) is 0 Å². The quantitative estimate of drug-likeness (QED) is 0.261. The van der Waals surface area contributed by atoms with Crippen LogP contribution in [0, 0.1) is 0 Å². The average molecular weight is 389 g/mol. The van der Waals surface area contributed by atoms with Crippen molar-refractivity contribution in [3.8, 4) is 11.1 Å². The standard InChI is InChI=1S/C28H23NO/c1-29(26-10-6-3-7-11-26)27-19-12-22(13-20-27)14-21-28(30)25-17-15-24(16-18-25)23-8-4-2-5-9-23/h2-21H,1H3/b21-14+. The van der Waals surface area contributed by atoms with Crippen LogP contribution in [0.5, 0.6) is 0 Å². The molecule has 2 heteroatoms. The number of rotatable bonds is 6. The van der Waals surface area contributed by atoms with E-state index >= 15 is 0 Å². The van der Waals surface area contributed by atoms with Crippen LogP contribution in [-0.2, 0) is 0 Å². The molecule has 4 aromatic carbocycles. The molecule has 0 aliphatic heterocycles. The minimum Gasteiger partial charge on any atom is -0.345 e. The molecule has 30 heavy (non-hydrogen) atoms. The van der Waals surface area contributed by atoms with Gasteiger partial charge in [-0.15, -0.1) is 0 Å². The predicted octanol–water partition coefficient (Wildman–Crippen LogP) is 7.02. The molecule has 4 rings (SSSR count). The van der Waals surface area contributed by atoms with Crippen LogP contribution in [0.4, 0.5) is 11.4 Å². The summed E-state index contributed by atoms with van der Waals surface area (Å²) in [4.78, 5) is 14.7. The second kappa shape index (κ2) is 9.06. The van der Waals surface area contributed by atoms with Crippen molar-refractivity contribution in [1.29, 1.82) is 0 Å².